The molecule has 6 heteroatoms. The van der Waals surface area contributed by atoms with E-state index in [1.807, 2.05) is 32.0 Å². The number of ether oxygens (including phenoxy) is 1. The maximum atomic E-state index is 12.1. The van der Waals surface area contributed by atoms with E-state index in [1.165, 1.54) is 6.07 Å². The summed E-state index contributed by atoms with van der Waals surface area (Å²) in [6.45, 7) is 3.51. The smallest absolute Gasteiger partial charge is 0.340 e. The van der Waals surface area contributed by atoms with Gasteiger partial charge in [0.25, 0.3) is 5.91 Å². The summed E-state index contributed by atoms with van der Waals surface area (Å²) in [5.41, 5.74) is 2.85. The molecule has 2 aromatic carbocycles. The number of carbonyl (C=O) groups is 2. The van der Waals surface area contributed by atoms with Crippen LogP contribution >= 0.6 is 23.2 Å². The van der Waals surface area contributed by atoms with Crippen LogP contribution in [0.3, 0.4) is 0 Å². The SMILES string of the molecule is CCc1cccc(C)c1NC(=O)COC(=O)c1cccc(Cl)c1Cl. The maximum Gasteiger partial charge on any atom is 0.340 e. The summed E-state index contributed by atoms with van der Waals surface area (Å²) in [6, 6.07) is 10.4. The van der Waals surface area contributed by atoms with Crippen molar-refractivity contribution in [2.75, 3.05) is 11.9 Å². The maximum absolute atomic E-state index is 12.1. The molecule has 2 rings (SSSR count). The number of carbonyl (C=O) groups excluding carboxylic acids is 2. The van der Waals surface area contributed by atoms with E-state index < -0.39 is 18.5 Å². The van der Waals surface area contributed by atoms with Gasteiger partial charge in [-0.05, 0) is 36.6 Å². The Balaban J connectivity index is 2.01. The Morgan fingerprint density at radius 2 is 1.83 bits per heavy atom. The summed E-state index contributed by atoms with van der Waals surface area (Å²) in [4.78, 5) is 24.1. The molecule has 0 aromatic heterocycles. The van der Waals surface area contributed by atoms with Crippen LogP contribution in [-0.2, 0) is 16.0 Å². The standard InChI is InChI=1S/C18H17Cl2NO3/c1-3-12-7-4-6-11(2)17(12)21-15(22)10-24-18(23)13-8-5-9-14(19)16(13)20/h4-9H,3,10H2,1-2H3,(H,21,22). The van der Waals surface area contributed by atoms with Crippen LogP contribution in [0.4, 0.5) is 5.69 Å². The zero-order valence-electron chi connectivity index (χ0n) is 13.4. The molecule has 0 unspecified atom stereocenters. The fourth-order valence-electron chi connectivity index (χ4n) is 2.25. The van der Waals surface area contributed by atoms with Gasteiger partial charge in [0, 0.05) is 5.69 Å². The summed E-state index contributed by atoms with van der Waals surface area (Å²) in [7, 11) is 0. The minimum Gasteiger partial charge on any atom is -0.452 e. The molecule has 0 heterocycles. The second kappa shape index (κ2) is 8.18. The quantitative estimate of drug-likeness (QED) is 0.783. The van der Waals surface area contributed by atoms with Crippen LogP contribution < -0.4 is 5.32 Å². The molecule has 0 aliphatic rings. The van der Waals surface area contributed by atoms with Crippen molar-refractivity contribution in [1.29, 1.82) is 0 Å². The number of hydrogen-bond acceptors (Lipinski definition) is 3. The number of benzene rings is 2. The highest BCUT2D eigenvalue weighted by Crippen LogP contribution is 2.26. The van der Waals surface area contributed by atoms with Gasteiger partial charge in [0.2, 0.25) is 0 Å². The van der Waals surface area contributed by atoms with Crippen molar-refractivity contribution >= 4 is 40.8 Å². The molecule has 0 fully saturated rings. The first-order chi connectivity index (χ1) is 11.4. The van der Waals surface area contributed by atoms with Gasteiger partial charge in [-0.2, -0.15) is 0 Å². The van der Waals surface area contributed by atoms with E-state index in [9.17, 15) is 9.59 Å². The Bertz CT molecular complexity index is 775. The fraction of sp³-hybridized carbons (Fsp3) is 0.222. The van der Waals surface area contributed by atoms with Gasteiger partial charge in [0.15, 0.2) is 6.61 Å². The average Bonchev–Trinajstić information content (AvgIpc) is 2.57. The lowest BCUT2D eigenvalue weighted by Gasteiger charge is -2.13. The molecule has 126 valence electrons. The minimum absolute atomic E-state index is 0.108. The third-order valence-corrected chi connectivity index (χ3v) is 4.33. The van der Waals surface area contributed by atoms with Gasteiger partial charge in [0.05, 0.1) is 15.6 Å². The number of aryl methyl sites for hydroxylation is 2. The molecule has 0 saturated heterocycles. The third kappa shape index (κ3) is 4.28. The second-order valence-corrected chi connectivity index (χ2v) is 5.97. The first kappa shape index (κ1) is 18.3. The first-order valence-electron chi connectivity index (χ1n) is 7.43. The van der Waals surface area contributed by atoms with Crippen molar-refractivity contribution in [2.24, 2.45) is 0 Å². The molecule has 0 aliphatic heterocycles. The minimum atomic E-state index is -0.696. The van der Waals surface area contributed by atoms with Crippen molar-refractivity contribution in [3.63, 3.8) is 0 Å². The van der Waals surface area contributed by atoms with Gasteiger partial charge in [-0.25, -0.2) is 4.79 Å². The van der Waals surface area contributed by atoms with Crippen LogP contribution in [0.2, 0.25) is 10.0 Å². The predicted molar refractivity (Wildman–Crippen MR) is 95.9 cm³/mol. The molecule has 4 nitrogen and oxygen atoms in total. The summed E-state index contributed by atoms with van der Waals surface area (Å²) in [5.74, 6) is -1.11. The highest BCUT2D eigenvalue weighted by molar-refractivity contribution is 6.43. The number of nitrogens with one attached hydrogen (secondary N) is 1. The van der Waals surface area contributed by atoms with Crippen LogP contribution in [0, 0.1) is 6.92 Å². The van der Waals surface area contributed by atoms with E-state index in [2.05, 4.69) is 5.32 Å². The number of rotatable bonds is 5. The lowest BCUT2D eigenvalue weighted by molar-refractivity contribution is -0.119. The van der Waals surface area contributed by atoms with Gasteiger partial charge in [-0.15, -0.1) is 0 Å². The highest BCUT2D eigenvalue weighted by atomic mass is 35.5. The number of halogens is 2. The van der Waals surface area contributed by atoms with E-state index in [0.29, 0.717) is 0 Å². The van der Waals surface area contributed by atoms with E-state index >= 15 is 0 Å². The monoisotopic (exact) mass is 365 g/mol. The zero-order chi connectivity index (χ0) is 17.7. The molecule has 0 saturated carbocycles. The van der Waals surface area contributed by atoms with Crippen LogP contribution in [0.5, 0.6) is 0 Å². The highest BCUT2D eigenvalue weighted by Gasteiger charge is 2.16. The van der Waals surface area contributed by atoms with Crippen molar-refractivity contribution in [3.05, 3.63) is 63.1 Å². The van der Waals surface area contributed by atoms with Crippen LogP contribution in [0.15, 0.2) is 36.4 Å². The van der Waals surface area contributed by atoms with E-state index in [1.54, 1.807) is 12.1 Å². The lowest BCUT2D eigenvalue weighted by atomic mass is 10.1. The molecule has 0 spiro atoms. The van der Waals surface area contributed by atoms with Crippen molar-refractivity contribution < 1.29 is 14.3 Å². The number of anilines is 1. The van der Waals surface area contributed by atoms with E-state index in [4.69, 9.17) is 27.9 Å². The predicted octanol–water partition coefficient (Wildman–Crippen LogP) is 4.66. The number of amides is 1. The van der Waals surface area contributed by atoms with Gasteiger partial charge in [-0.3, -0.25) is 4.79 Å². The summed E-state index contributed by atoms with van der Waals surface area (Å²) in [5, 5.41) is 3.15. The molecule has 1 amide bonds. The molecular weight excluding hydrogens is 349 g/mol. The van der Waals surface area contributed by atoms with E-state index in [-0.39, 0.29) is 15.6 Å². The van der Waals surface area contributed by atoms with Crippen LogP contribution in [-0.4, -0.2) is 18.5 Å². The largest absolute Gasteiger partial charge is 0.452 e. The van der Waals surface area contributed by atoms with Gasteiger partial charge in [0.1, 0.15) is 0 Å². The normalized spacial score (nSPS) is 10.3. The Kier molecular flexibility index (Phi) is 6.23. The van der Waals surface area contributed by atoms with Crippen molar-refractivity contribution in [3.8, 4) is 0 Å². The second-order valence-electron chi connectivity index (χ2n) is 5.19. The summed E-state index contributed by atoms with van der Waals surface area (Å²) < 4.78 is 5.02. The van der Waals surface area contributed by atoms with Crippen LogP contribution in [0.1, 0.15) is 28.4 Å². The Morgan fingerprint density at radius 1 is 1.12 bits per heavy atom. The number of esters is 1. The molecule has 0 aliphatic carbocycles. The summed E-state index contributed by atoms with van der Waals surface area (Å²) in [6.07, 6.45) is 0.787. The van der Waals surface area contributed by atoms with Crippen molar-refractivity contribution in [1.82, 2.24) is 0 Å². The molecular formula is C18H17Cl2NO3. The zero-order valence-corrected chi connectivity index (χ0v) is 14.9. The third-order valence-electron chi connectivity index (χ3n) is 3.51. The Hall–Kier alpha value is -2.04. The summed E-state index contributed by atoms with van der Waals surface area (Å²) >= 11 is 11.8. The fourth-order valence-corrected chi connectivity index (χ4v) is 2.63. The topological polar surface area (TPSA) is 55.4 Å². The molecule has 24 heavy (non-hydrogen) atoms. The number of para-hydroxylation sites is 1. The number of hydrogen-bond donors (Lipinski definition) is 1. The molecule has 1 N–H and O–H groups in total. The van der Waals surface area contributed by atoms with Crippen LogP contribution in [0.25, 0.3) is 0 Å². The lowest BCUT2D eigenvalue weighted by Crippen LogP contribution is -2.22. The molecule has 0 atom stereocenters. The van der Waals surface area contributed by atoms with Crippen molar-refractivity contribution in [2.45, 2.75) is 20.3 Å². The van der Waals surface area contributed by atoms with Gasteiger partial charge < -0.3 is 10.1 Å². The average molecular weight is 366 g/mol. The first-order valence-corrected chi connectivity index (χ1v) is 8.19. The molecule has 0 radical (unpaired) electrons. The molecule has 0 bridgehead atoms. The Labute approximate surface area is 150 Å². The van der Waals surface area contributed by atoms with Gasteiger partial charge >= 0.3 is 5.97 Å². The molecule has 2 aromatic rings. The van der Waals surface area contributed by atoms with Gasteiger partial charge in [-0.1, -0.05) is 54.4 Å². The Morgan fingerprint density at radius 3 is 2.54 bits per heavy atom. The van der Waals surface area contributed by atoms with E-state index in [0.717, 1.165) is 23.2 Å².